The van der Waals surface area contributed by atoms with Gasteiger partial charge in [0.25, 0.3) is 0 Å². The molecule has 7 nitrogen and oxygen atoms in total. The van der Waals surface area contributed by atoms with Gasteiger partial charge in [-0.2, -0.15) is 0 Å². The Morgan fingerprint density at radius 3 is 2.52 bits per heavy atom. The van der Waals surface area contributed by atoms with Crippen LogP contribution in [0.5, 0.6) is 0 Å². The summed E-state index contributed by atoms with van der Waals surface area (Å²) in [7, 11) is 0. The lowest BCUT2D eigenvalue weighted by Crippen LogP contribution is -2.38. The maximum Gasteiger partial charge on any atom is 0.407 e. The van der Waals surface area contributed by atoms with Gasteiger partial charge in [-0.1, -0.05) is 92.0 Å². The smallest absolute Gasteiger partial charge is 0.407 e. The summed E-state index contributed by atoms with van der Waals surface area (Å²) in [5.41, 5.74) is 4.76. The fourth-order valence-corrected chi connectivity index (χ4v) is 6.79. The zero-order valence-electron chi connectivity index (χ0n) is 22.2. The van der Waals surface area contributed by atoms with Crippen LogP contribution >= 0.6 is 23.1 Å². The molecule has 0 saturated carbocycles. The molecule has 1 aromatic heterocycles. The Morgan fingerprint density at radius 2 is 1.80 bits per heavy atom. The van der Waals surface area contributed by atoms with E-state index in [1.807, 2.05) is 66.7 Å². The normalized spacial score (nSPS) is 20.8. The van der Waals surface area contributed by atoms with Crippen molar-refractivity contribution < 1.29 is 24.1 Å². The molecule has 1 saturated heterocycles. The Hall–Kier alpha value is -3.21. The summed E-state index contributed by atoms with van der Waals surface area (Å²) >= 11 is 3.41. The lowest BCUT2D eigenvalue weighted by molar-refractivity contribution is -0.268. The number of aliphatic hydroxyl groups is 1. The number of hydrogen-bond donors (Lipinski definition) is 2. The van der Waals surface area contributed by atoms with Gasteiger partial charge in [0.1, 0.15) is 6.61 Å². The van der Waals surface area contributed by atoms with Gasteiger partial charge in [-0.3, -0.25) is 0 Å². The van der Waals surface area contributed by atoms with Crippen molar-refractivity contribution in [3.63, 3.8) is 0 Å². The van der Waals surface area contributed by atoms with E-state index in [1.165, 1.54) is 10.8 Å². The fraction of sp³-hybridized carbons (Fsp3) is 0.290. The van der Waals surface area contributed by atoms with E-state index in [4.69, 9.17) is 19.2 Å². The van der Waals surface area contributed by atoms with Gasteiger partial charge < -0.3 is 24.6 Å². The Morgan fingerprint density at radius 1 is 1.07 bits per heavy atom. The van der Waals surface area contributed by atoms with Crippen molar-refractivity contribution in [1.82, 2.24) is 10.3 Å². The highest BCUT2D eigenvalue weighted by atomic mass is 32.2. The number of rotatable bonds is 10. The highest BCUT2D eigenvalue weighted by molar-refractivity contribution is 8.01. The van der Waals surface area contributed by atoms with E-state index in [0.29, 0.717) is 6.54 Å². The summed E-state index contributed by atoms with van der Waals surface area (Å²) in [6, 6.07) is 23.9. The molecule has 1 aliphatic heterocycles. The molecule has 4 aromatic rings. The number of carbonyl (C=O) groups excluding carboxylic acids is 1. The lowest BCUT2D eigenvalue weighted by Gasteiger charge is -2.41. The average molecular weight is 577 g/mol. The number of thiazole rings is 1. The van der Waals surface area contributed by atoms with E-state index in [-0.39, 0.29) is 31.3 Å². The molecule has 3 aromatic carbocycles. The summed E-state index contributed by atoms with van der Waals surface area (Å²) in [6.45, 7) is 6.22. The molecule has 0 unspecified atom stereocenters. The molecule has 2 heterocycles. The second-order valence-electron chi connectivity index (χ2n) is 9.56. The molecule has 208 valence electrons. The largest absolute Gasteiger partial charge is 0.445 e. The zero-order valence-corrected chi connectivity index (χ0v) is 23.8. The monoisotopic (exact) mass is 576 g/mol. The van der Waals surface area contributed by atoms with E-state index in [1.54, 1.807) is 23.1 Å². The quantitative estimate of drug-likeness (QED) is 0.159. The first kappa shape index (κ1) is 28.3. The molecule has 0 aliphatic carbocycles. The van der Waals surface area contributed by atoms with Gasteiger partial charge in [0.05, 0.1) is 29.0 Å². The summed E-state index contributed by atoms with van der Waals surface area (Å²) in [5.74, 6) is 0.823. The number of aliphatic hydroxyl groups excluding tert-OH is 1. The van der Waals surface area contributed by atoms with E-state index in [9.17, 15) is 9.90 Å². The summed E-state index contributed by atoms with van der Waals surface area (Å²) in [5, 5.41) is 12.2. The summed E-state index contributed by atoms with van der Waals surface area (Å²) < 4.78 is 20.3. The molecule has 0 bridgehead atoms. The molecule has 0 spiro atoms. The van der Waals surface area contributed by atoms with E-state index in [0.717, 1.165) is 37.9 Å². The SMILES string of the molecule is C=CCOC(=O)NCc1ccc([C@H]2O[C@@H](CSc3nc4ccccc4s3)[C@@H](C)[C@@H](c3ccc(CO)cc3)O2)cc1. The third-order valence-electron chi connectivity index (χ3n) is 6.79. The number of para-hydroxylation sites is 1. The second kappa shape index (κ2) is 13.4. The van der Waals surface area contributed by atoms with E-state index in [2.05, 4.69) is 24.9 Å². The number of fused-ring (bicyclic) bond motifs is 1. The number of alkyl carbamates (subject to hydrolysis) is 1. The first-order valence-electron chi connectivity index (χ1n) is 13.1. The van der Waals surface area contributed by atoms with Crippen LogP contribution in [-0.4, -0.2) is 34.6 Å². The van der Waals surface area contributed by atoms with Gasteiger partial charge in [0, 0.05) is 23.8 Å². The van der Waals surface area contributed by atoms with Gasteiger partial charge in [0.15, 0.2) is 10.6 Å². The van der Waals surface area contributed by atoms with Crippen LogP contribution in [0.1, 0.15) is 41.6 Å². The fourth-order valence-electron chi connectivity index (χ4n) is 4.53. The minimum absolute atomic E-state index is 0.00170. The first-order chi connectivity index (χ1) is 19.5. The van der Waals surface area contributed by atoms with E-state index < -0.39 is 12.4 Å². The number of aromatic nitrogens is 1. The van der Waals surface area contributed by atoms with Gasteiger partial charge in [-0.25, -0.2) is 9.78 Å². The molecule has 9 heteroatoms. The Kier molecular flexibility index (Phi) is 9.51. The number of thioether (sulfide) groups is 1. The molecule has 2 N–H and O–H groups in total. The summed E-state index contributed by atoms with van der Waals surface area (Å²) in [6.07, 6.45) is 0.214. The van der Waals surface area contributed by atoms with Crippen molar-refractivity contribution in [2.24, 2.45) is 5.92 Å². The van der Waals surface area contributed by atoms with Crippen molar-refractivity contribution >= 4 is 39.4 Å². The number of benzene rings is 3. The number of carbonyl (C=O) groups is 1. The van der Waals surface area contributed by atoms with Gasteiger partial charge in [-0.05, 0) is 28.8 Å². The molecule has 1 amide bonds. The van der Waals surface area contributed by atoms with Crippen LogP contribution in [0.25, 0.3) is 10.2 Å². The average Bonchev–Trinajstić information content (AvgIpc) is 3.42. The van der Waals surface area contributed by atoms with Crippen molar-refractivity contribution in [3.05, 3.63) is 108 Å². The third kappa shape index (κ3) is 6.92. The van der Waals surface area contributed by atoms with Crippen molar-refractivity contribution in [2.75, 3.05) is 12.4 Å². The van der Waals surface area contributed by atoms with Crippen LogP contribution in [0.3, 0.4) is 0 Å². The van der Waals surface area contributed by atoms with Crippen LogP contribution in [0, 0.1) is 5.92 Å². The number of hydrogen-bond acceptors (Lipinski definition) is 8. The molecule has 0 radical (unpaired) electrons. The topological polar surface area (TPSA) is 89.9 Å². The van der Waals surface area contributed by atoms with Crippen molar-refractivity contribution in [1.29, 1.82) is 0 Å². The third-order valence-corrected chi connectivity index (χ3v) is 9.06. The van der Waals surface area contributed by atoms with Crippen molar-refractivity contribution in [3.8, 4) is 0 Å². The van der Waals surface area contributed by atoms with E-state index >= 15 is 0 Å². The number of ether oxygens (including phenoxy) is 3. The van der Waals surface area contributed by atoms with Crippen LogP contribution in [0.15, 0.2) is 89.8 Å². The molecular formula is C31H32N2O5S2. The lowest BCUT2D eigenvalue weighted by atomic mass is 9.91. The van der Waals surface area contributed by atoms with Gasteiger partial charge >= 0.3 is 6.09 Å². The highest BCUT2D eigenvalue weighted by Crippen LogP contribution is 2.43. The van der Waals surface area contributed by atoms with Crippen molar-refractivity contribution in [2.45, 2.75) is 42.9 Å². The highest BCUT2D eigenvalue weighted by Gasteiger charge is 2.38. The molecule has 1 fully saturated rings. The predicted octanol–water partition coefficient (Wildman–Crippen LogP) is 6.78. The number of nitrogens with zero attached hydrogens (tertiary/aromatic N) is 1. The maximum absolute atomic E-state index is 11.7. The van der Waals surface area contributed by atoms with Crippen LogP contribution in [0.4, 0.5) is 4.79 Å². The van der Waals surface area contributed by atoms with Gasteiger partial charge in [0.2, 0.25) is 0 Å². The molecule has 40 heavy (non-hydrogen) atoms. The second-order valence-corrected chi connectivity index (χ2v) is 11.9. The standard InChI is InChI=1S/C31H32N2O5S2/c1-3-16-36-30(35)32-17-21-8-14-24(15-9-21)29-37-26(19-39-31-33-25-6-4-5-7-27(25)40-31)20(2)28(38-29)23-12-10-22(18-34)11-13-23/h3-15,20,26,28-29,34H,1,16-19H2,2H3,(H,32,35)/t20-,26+,28+,29+/m1/s1. The number of amides is 1. The van der Waals surface area contributed by atoms with Crippen LogP contribution < -0.4 is 5.32 Å². The minimum atomic E-state index is -0.556. The zero-order chi connectivity index (χ0) is 27.9. The molecule has 5 rings (SSSR count). The van der Waals surface area contributed by atoms with Crippen LogP contribution in [-0.2, 0) is 27.4 Å². The number of nitrogens with one attached hydrogen (secondary N) is 1. The van der Waals surface area contributed by atoms with Crippen LogP contribution in [0.2, 0.25) is 0 Å². The minimum Gasteiger partial charge on any atom is -0.445 e. The van der Waals surface area contributed by atoms with Gasteiger partial charge in [-0.15, -0.1) is 11.3 Å². The summed E-state index contributed by atoms with van der Waals surface area (Å²) in [4.78, 5) is 16.5. The Bertz CT molecular complexity index is 1390. The predicted molar refractivity (Wildman–Crippen MR) is 158 cm³/mol. The molecule has 4 atom stereocenters. The Labute approximate surface area is 242 Å². The molecular weight excluding hydrogens is 544 g/mol. The Balaban J connectivity index is 1.31. The first-order valence-corrected chi connectivity index (χ1v) is 14.9. The molecule has 1 aliphatic rings. The maximum atomic E-state index is 11.7.